The molecule has 2 atom stereocenters. The molecule has 0 amide bonds. The topological polar surface area (TPSA) is 48.0 Å². The molecule has 2 aliphatic rings. The van der Waals surface area contributed by atoms with Crippen molar-refractivity contribution in [3.8, 4) is 0 Å². The van der Waals surface area contributed by atoms with Gasteiger partial charge in [-0.05, 0) is 0 Å². The fourth-order valence-electron chi connectivity index (χ4n) is 1.45. The highest BCUT2D eigenvalue weighted by Crippen LogP contribution is 2.10. The van der Waals surface area contributed by atoms with Crippen molar-refractivity contribution in [3.63, 3.8) is 0 Å². The Hall–Kier alpha value is -0.0100. The molecule has 5 nitrogen and oxygen atoms in total. The van der Waals surface area contributed by atoms with Crippen LogP contribution in [0.5, 0.6) is 0 Å². The van der Waals surface area contributed by atoms with Crippen LogP contribution >= 0.6 is 0 Å². The quantitative estimate of drug-likeness (QED) is 0.600. The molecule has 0 bridgehead atoms. The Morgan fingerprint density at radius 2 is 2.15 bits per heavy atom. The molecule has 2 heterocycles. The lowest BCUT2D eigenvalue weighted by molar-refractivity contribution is 0.0225. The van der Waals surface area contributed by atoms with Gasteiger partial charge in [-0.1, -0.05) is 0 Å². The molecule has 1 unspecified atom stereocenters. The van der Waals surface area contributed by atoms with Crippen molar-refractivity contribution in [1.29, 1.82) is 0 Å². The fourth-order valence-corrected chi connectivity index (χ4v) is 2.11. The number of morpholine rings is 1. The molecule has 0 saturated carbocycles. The Kier molecular flexibility index (Phi) is 3.28. The molecule has 2 aliphatic heterocycles. The smallest absolute Gasteiger partial charge is 0.305 e. The summed E-state index contributed by atoms with van der Waals surface area (Å²) in [5.41, 5.74) is 0. The number of hydrogen-bond donors (Lipinski definition) is 0. The van der Waals surface area contributed by atoms with Crippen molar-refractivity contribution in [1.82, 2.24) is 4.90 Å². The Labute approximate surface area is 79.8 Å². The van der Waals surface area contributed by atoms with Crippen LogP contribution in [0.15, 0.2) is 0 Å². The second-order valence-corrected chi connectivity index (χ2v) is 3.96. The first-order valence-electron chi connectivity index (χ1n) is 4.37. The van der Waals surface area contributed by atoms with Crippen LogP contribution in [0.3, 0.4) is 0 Å². The van der Waals surface area contributed by atoms with Crippen LogP contribution < -0.4 is 0 Å². The van der Waals surface area contributed by atoms with Crippen LogP contribution in [0.25, 0.3) is 0 Å². The number of ether oxygens (including phenoxy) is 1. The van der Waals surface area contributed by atoms with E-state index < -0.39 is 11.4 Å². The summed E-state index contributed by atoms with van der Waals surface area (Å²) in [6, 6.07) is 0. The van der Waals surface area contributed by atoms with Gasteiger partial charge in [0.25, 0.3) is 0 Å². The summed E-state index contributed by atoms with van der Waals surface area (Å²) in [6.07, 6.45) is -0.0427. The van der Waals surface area contributed by atoms with Gasteiger partial charge in [0.1, 0.15) is 6.10 Å². The zero-order valence-corrected chi connectivity index (χ0v) is 8.12. The molecule has 0 aromatic carbocycles. The highest BCUT2D eigenvalue weighted by Gasteiger charge is 2.26. The average Bonchev–Trinajstić information content (AvgIpc) is 2.53. The molecular weight excluding hydrogens is 194 g/mol. The van der Waals surface area contributed by atoms with Crippen LogP contribution in [-0.2, 0) is 24.5 Å². The molecule has 2 rings (SSSR count). The standard InChI is InChI=1S/C7H13NO4S/c9-13-11-6-7(12-13)5-8-1-3-10-4-2-8/h7H,1-6H2/t7-,13?/m1/s1. The van der Waals surface area contributed by atoms with E-state index in [1.807, 2.05) is 0 Å². The van der Waals surface area contributed by atoms with E-state index in [0.29, 0.717) is 6.61 Å². The molecule has 6 heteroatoms. The van der Waals surface area contributed by atoms with Gasteiger partial charge in [-0.3, -0.25) is 13.3 Å². The van der Waals surface area contributed by atoms with E-state index in [-0.39, 0.29) is 6.10 Å². The van der Waals surface area contributed by atoms with Crippen LogP contribution in [0, 0.1) is 0 Å². The van der Waals surface area contributed by atoms with Crippen LogP contribution in [-0.4, -0.2) is 54.7 Å². The molecule has 0 radical (unpaired) electrons. The Balaban J connectivity index is 1.73. The van der Waals surface area contributed by atoms with Crippen LogP contribution in [0.2, 0.25) is 0 Å². The monoisotopic (exact) mass is 207 g/mol. The van der Waals surface area contributed by atoms with Gasteiger partial charge in [0.15, 0.2) is 0 Å². The lowest BCUT2D eigenvalue weighted by Gasteiger charge is -2.27. The van der Waals surface area contributed by atoms with Gasteiger partial charge in [-0.15, -0.1) is 0 Å². The molecule has 13 heavy (non-hydrogen) atoms. The van der Waals surface area contributed by atoms with E-state index >= 15 is 0 Å². The normalized spacial score (nSPS) is 36.6. The van der Waals surface area contributed by atoms with Gasteiger partial charge in [0.05, 0.1) is 19.8 Å². The molecule has 0 aromatic heterocycles. The zero-order valence-electron chi connectivity index (χ0n) is 7.31. The molecular formula is C7H13NO4S. The molecule has 0 aromatic rings. The van der Waals surface area contributed by atoms with Gasteiger partial charge in [0, 0.05) is 19.6 Å². The lowest BCUT2D eigenvalue weighted by Crippen LogP contribution is -2.41. The van der Waals surface area contributed by atoms with Crippen molar-refractivity contribution < 1.29 is 17.3 Å². The number of hydrogen-bond acceptors (Lipinski definition) is 5. The second kappa shape index (κ2) is 4.47. The minimum absolute atomic E-state index is 0.0427. The summed E-state index contributed by atoms with van der Waals surface area (Å²) >= 11 is -1.52. The molecule has 0 aliphatic carbocycles. The van der Waals surface area contributed by atoms with Gasteiger partial charge < -0.3 is 4.74 Å². The first kappa shape index (κ1) is 9.54. The van der Waals surface area contributed by atoms with E-state index in [0.717, 1.165) is 32.8 Å². The van der Waals surface area contributed by atoms with Crippen molar-refractivity contribution in [2.24, 2.45) is 0 Å². The first-order chi connectivity index (χ1) is 6.34. The third-order valence-electron chi connectivity index (χ3n) is 2.13. The van der Waals surface area contributed by atoms with Gasteiger partial charge in [-0.25, -0.2) is 0 Å². The summed E-state index contributed by atoms with van der Waals surface area (Å²) in [4.78, 5) is 2.24. The van der Waals surface area contributed by atoms with Crippen LogP contribution in [0.4, 0.5) is 0 Å². The zero-order chi connectivity index (χ0) is 9.10. The average molecular weight is 207 g/mol. The van der Waals surface area contributed by atoms with Gasteiger partial charge >= 0.3 is 11.4 Å². The third kappa shape index (κ3) is 2.72. The fraction of sp³-hybridized carbons (Fsp3) is 1.00. The molecule has 2 fully saturated rings. The third-order valence-corrected chi connectivity index (χ3v) is 2.89. The summed E-state index contributed by atoms with van der Waals surface area (Å²) in [5.74, 6) is 0. The second-order valence-electron chi connectivity index (χ2n) is 3.12. The predicted molar refractivity (Wildman–Crippen MR) is 46.2 cm³/mol. The SMILES string of the molecule is O=S1OC[C@@H](CN2CCOCC2)O1. The lowest BCUT2D eigenvalue weighted by atomic mass is 10.3. The van der Waals surface area contributed by atoms with E-state index in [9.17, 15) is 4.21 Å². The van der Waals surface area contributed by atoms with Crippen molar-refractivity contribution in [3.05, 3.63) is 0 Å². The molecule has 0 N–H and O–H groups in total. The number of nitrogens with zero attached hydrogens (tertiary/aromatic N) is 1. The Morgan fingerprint density at radius 3 is 2.77 bits per heavy atom. The molecule has 0 spiro atoms. The maximum absolute atomic E-state index is 10.7. The van der Waals surface area contributed by atoms with Crippen LogP contribution in [0.1, 0.15) is 0 Å². The largest absolute Gasteiger partial charge is 0.379 e. The van der Waals surface area contributed by atoms with E-state index in [1.165, 1.54) is 0 Å². The van der Waals surface area contributed by atoms with Gasteiger partial charge in [-0.2, -0.15) is 4.21 Å². The number of rotatable bonds is 2. The molecule has 2 saturated heterocycles. The van der Waals surface area contributed by atoms with E-state index in [1.54, 1.807) is 0 Å². The summed E-state index contributed by atoms with van der Waals surface area (Å²) in [7, 11) is 0. The first-order valence-corrected chi connectivity index (χ1v) is 5.37. The summed E-state index contributed by atoms with van der Waals surface area (Å²) < 4.78 is 25.8. The van der Waals surface area contributed by atoms with Crippen molar-refractivity contribution >= 4 is 11.4 Å². The maximum atomic E-state index is 10.7. The van der Waals surface area contributed by atoms with Crippen molar-refractivity contribution in [2.45, 2.75) is 6.10 Å². The minimum Gasteiger partial charge on any atom is -0.379 e. The highest BCUT2D eigenvalue weighted by molar-refractivity contribution is 7.75. The predicted octanol–water partition coefficient (Wildman–Crippen LogP) is -0.687. The molecule has 76 valence electrons. The summed E-state index contributed by atoms with van der Waals surface area (Å²) in [6.45, 7) is 4.62. The van der Waals surface area contributed by atoms with Gasteiger partial charge in [0.2, 0.25) is 0 Å². The maximum Gasteiger partial charge on any atom is 0.305 e. The van der Waals surface area contributed by atoms with Crippen molar-refractivity contribution in [2.75, 3.05) is 39.5 Å². The Bertz CT molecular complexity index is 195. The highest BCUT2D eigenvalue weighted by atomic mass is 32.2. The van der Waals surface area contributed by atoms with E-state index in [2.05, 4.69) is 4.90 Å². The van der Waals surface area contributed by atoms with E-state index in [4.69, 9.17) is 13.1 Å². The summed E-state index contributed by atoms with van der Waals surface area (Å²) in [5, 5.41) is 0. The minimum atomic E-state index is -1.52. The Morgan fingerprint density at radius 1 is 1.38 bits per heavy atom.